The molecule has 0 aliphatic carbocycles. The van der Waals surface area contributed by atoms with Crippen LogP contribution in [0.1, 0.15) is 17.3 Å². The summed E-state index contributed by atoms with van der Waals surface area (Å²) in [6, 6.07) is 2.59. The molecular weight excluding hydrogens is 320 g/mol. The van der Waals surface area contributed by atoms with Crippen LogP contribution < -0.4 is 5.32 Å². The Morgan fingerprint density at radius 1 is 1.48 bits per heavy atom. The average molecular weight is 333 g/mol. The van der Waals surface area contributed by atoms with E-state index in [-0.39, 0.29) is 28.6 Å². The van der Waals surface area contributed by atoms with Gasteiger partial charge in [-0.1, -0.05) is 11.6 Å². The molecule has 0 saturated carbocycles. The van der Waals surface area contributed by atoms with E-state index < -0.39 is 27.9 Å². The van der Waals surface area contributed by atoms with Gasteiger partial charge in [0.25, 0.3) is 0 Å². The lowest BCUT2D eigenvalue weighted by molar-refractivity contribution is -0.126. The number of carboxylic acid groups (broad SMARTS) is 1. The summed E-state index contributed by atoms with van der Waals surface area (Å²) < 4.78 is 26.1. The van der Waals surface area contributed by atoms with Crippen molar-refractivity contribution in [2.45, 2.75) is 17.9 Å². The largest absolute Gasteiger partial charge is 0.478 e. The zero-order chi connectivity index (χ0) is 15.8. The standard InChI is InChI=1S/C12H13ClN2O5S/c1-7-11(16)14-4-5-15(7)21(19,20)8-2-3-10(13)9(6-8)12(17)18/h2-3,6-7H,4-5H2,1H3,(H,14,16)(H,17,18). The van der Waals surface area contributed by atoms with Gasteiger partial charge in [0, 0.05) is 13.1 Å². The topological polar surface area (TPSA) is 104 Å². The molecule has 2 N–H and O–H groups in total. The molecule has 0 aromatic heterocycles. The van der Waals surface area contributed by atoms with Crippen LogP contribution in [0.25, 0.3) is 0 Å². The maximum atomic E-state index is 12.5. The molecule has 9 heteroatoms. The first kappa shape index (κ1) is 15.7. The van der Waals surface area contributed by atoms with Crippen molar-refractivity contribution in [3.8, 4) is 0 Å². The molecule has 7 nitrogen and oxygen atoms in total. The molecule has 1 aromatic carbocycles. The minimum atomic E-state index is -3.97. The number of hydrogen-bond donors (Lipinski definition) is 2. The first-order chi connectivity index (χ1) is 9.75. The van der Waals surface area contributed by atoms with Crippen LogP contribution in [0, 0.1) is 0 Å². The summed E-state index contributed by atoms with van der Waals surface area (Å²) in [6.45, 7) is 1.81. The Labute approximate surface area is 126 Å². The van der Waals surface area contributed by atoms with Gasteiger partial charge in [-0.15, -0.1) is 0 Å². The number of aromatic carboxylic acids is 1. The highest BCUT2D eigenvalue weighted by Gasteiger charge is 2.35. The molecular formula is C12H13ClN2O5S. The summed E-state index contributed by atoms with van der Waals surface area (Å²) in [6.07, 6.45) is 0. The number of nitrogens with one attached hydrogen (secondary N) is 1. The fraction of sp³-hybridized carbons (Fsp3) is 0.333. The van der Waals surface area contributed by atoms with Crippen molar-refractivity contribution < 1.29 is 23.1 Å². The Kier molecular flexibility index (Phi) is 4.22. The Morgan fingerprint density at radius 2 is 2.14 bits per heavy atom. The molecule has 1 heterocycles. The lowest BCUT2D eigenvalue weighted by Crippen LogP contribution is -2.55. The summed E-state index contributed by atoms with van der Waals surface area (Å²) in [5.74, 6) is -1.71. The van der Waals surface area contributed by atoms with Gasteiger partial charge in [-0.25, -0.2) is 13.2 Å². The Morgan fingerprint density at radius 3 is 2.76 bits per heavy atom. The number of amides is 1. The van der Waals surface area contributed by atoms with E-state index in [2.05, 4.69) is 5.32 Å². The van der Waals surface area contributed by atoms with Crippen molar-refractivity contribution in [1.82, 2.24) is 9.62 Å². The Bertz CT molecular complexity index is 704. The molecule has 114 valence electrons. The second kappa shape index (κ2) is 5.63. The van der Waals surface area contributed by atoms with E-state index in [0.717, 1.165) is 10.4 Å². The highest BCUT2D eigenvalue weighted by atomic mass is 35.5. The van der Waals surface area contributed by atoms with Crippen LogP contribution in [0.15, 0.2) is 23.1 Å². The van der Waals surface area contributed by atoms with Crippen molar-refractivity contribution in [2.75, 3.05) is 13.1 Å². The van der Waals surface area contributed by atoms with Gasteiger partial charge in [0.05, 0.1) is 15.5 Å². The molecule has 0 bridgehead atoms. The van der Waals surface area contributed by atoms with Crippen LogP contribution in [0.4, 0.5) is 0 Å². The van der Waals surface area contributed by atoms with Crippen molar-refractivity contribution in [3.63, 3.8) is 0 Å². The molecule has 1 aliphatic heterocycles. The average Bonchev–Trinajstić information content (AvgIpc) is 2.41. The van der Waals surface area contributed by atoms with E-state index >= 15 is 0 Å². The van der Waals surface area contributed by atoms with Gasteiger partial charge < -0.3 is 10.4 Å². The SMILES string of the molecule is CC1C(=O)NCCN1S(=O)(=O)c1ccc(Cl)c(C(=O)O)c1. The van der Waals surface area contributed by atoms with Crippen molar-refractivity contribution in [3.05, 3.63) is 28.8 Å². The maximum Gasteiger partial charge on any atom is 0.337 e. The number of sulfonamides is 1. The predicted octanol–water partition coefficient (Wildman–Crippen LogP) is 0.547. The Hall–Kier alpha value is -1.64. The lowest BCUT2D eigenvalue weighted by atomic mass is 10.2. The third-order valence-corrected chi connectivity index (χ3v) is 5.51. The van der Waals surface area contributed by atoms with Crippen LogP contribution in [-0.2, 0) is 14.8 Å². The molecule has 1 unspecified atom stereocenters. The first-order valence-corrected chi connectivity index (χ1v) is 7.89. The second-order valence-electron chi connectivity index (χ2n) is 4.53. The van der Waals surface area contributed by atoms with E-state index in [1.54, 1.807) is 0 Å². The molecule has 1 amide bonds. The molecule has 0 spiro atoms. The minimum Gasteiger partial charge on any atom is -0.478 e. The maximum absolute atomic E-state index is 12.5. The highest BCUT2D eigenvalue weighted by molar-refractivity contribution is 7.89. The van der Waals surface area contributed by atoms with Crippen LogP contribution in [0.5, 0.6) is 0 Å². The summed E-state index contributed by atoms with van der Waals surface area (Å²) >= 11 is 5.73. The van der Waals surface area contributed by atoms with Gasteiger partial charge in [0.2, 0.25) is 15.9 Å². The minimum absolute atomic E-state index is 0.0501. The first-order valence-electron chi connectivity index (χ1n) is 6.07. The van der Waals surface area contributed by atoms with Crippen LogP contribution >= 0.6 is 11.6 Å². The zero-order valence-electron chi connectivity index (χ0n) is 11.0. The number of carbonyl (C=O) groups excluding carboxylic acids is 1. The fourth-order valence-corrected chi connectivity index (χ4v) is 3.87. The van der Waals surface area contributed by atoms with Crippen LogP contribution in [0.3, 0.4) is 0 Å². The lowest BCUT2D eigenvalue weighted by Gasteiger charge is -2.31. The number of rotatable bonds is 3. The molecule has 2 rings (SSSR count). The van der Waals surface area contributed by atoms with Crippen molar-refractivity contribution in [2.24, 2.45) is 0 Å². The van der Waals surface area contributed by atoms with Gasteiger partial charge in [0.15, 0.2) is 0 Å². The van der Waals surface area contributed by atoms with Gasteiger partial charge in [-0.05, 0) is 25.1 Å². The van der Waals surface area contributed by atoms with Crippen LogP contribution in [-0.4, -0.2) is 48.8 Å². The second-order valence-corrected chi connectivity index (χ2v) is 6.83. The summed E-state index contributed by atoms with van der Waals surface area (Å²) in [5.41, 5.74) is -0.299. The van der Waals surface area contributed by atoms with Gasteiger partial charge in [0.1, 0.15) is 6.04 Å². The number of hydrogen-bond acceptors (Lipinski definition) is 4. The number of carboxylic acids is 1. The van der Waals surface area contributed by atoms with Gasteiger partial charge in [-0.3, -0.25) is 4.79 Å². The molecule has 0 radical (unpaired) electrons. The number of nitrogens with zero attached hydrogens (tertiary/aromatic N) is 1. The molecule has 1 aliphatic rings. The summed E-state index contributed by atoms with van der Waals surface area (Å²) in [7, 11) is -3.97. The summed E-state index contributed by atoms with van der Waals surface area (Å²) in [5, 5.41) is 11.5. The van der Waals surface area contributed by atoms with Crippen molar-refractivity contribution in [1.29, 1.82) is 0 Å². The molecule has 1 saturated heterocycles. The van der Waals surface area contributed by atoms with Crippen molar-refractivity contribution >= 4 is 33.5 Å². The molecule has 21 heavy (non-hydrogen) atoms. The van der Waals surface area contributed by atoms with E-state index in [9.17, 15) is 18.0 Å². The molecule has 1 atom stereocenters. The monoisotopic (exact) mass is 332 g/mol. The number of benzene rings is 1. The predicted molar refractivity (Wildman–Crippen MR) is 74.8 cm³/mol. The fourth-order valence-electron chi connectivity index (χ4n) is 2.05. The quantitative estimate of drug-likeness (QED) is 0.841. The van der Waals surface area contributed by atoms with E-state index in [0.29, 0.717) is 0 Å². The number of carbonyl (C=O) groups is 2. The van der Waals surface area contributed by atoms with Gasteiger partial charge in [-0.2, -0.15) is 4.31 Å². The number of halogens is 1. The number of piperazine rings is 1. The Balaban J connectivity index is 2.47. The smallest absolute Gasteiger partial charge is 0.337 e. The van der Waals surface area contributed by atoms with E-state index in [1.165, 1.54) is 19.1 Å². The van der Waals surface area contributed by atoms with Gasteiger partial charge >= 0.3 is 5.97 Å². The van der Waals surface area contributed by atoms with E-state index in [1.807, 2.05) is 0 Å². The van der Waals surface area contributed by atoms with E-state index in [4.69, 9.17) is 16.7 Å². The normalized spacial score (nSPS) is 20.1. The summed E-state index contributed by atoms with van der Waals surface area (Å²) in [4.78, 5) is 22.4. The highest BCUT2D eigenvalue weighted by Crippen LogP contribution is 2.24. The molecule has 1 aromatic rings. The third-order valence-electron chi connectivity index (χ3n) is 3.22. The zero-order valence-corrected chi connectivity index (χ0v) is 12.6. The third kappa shape index (κ3) is 2.87. The van der Waals surface area contributed by atoms with Crippen LogP contribution in [0.2, 0.25) is 5.02 Å². The molecule has 1 fully saturated rings.